The van der Waals surface area contributed by atoms with Crippen LogP contribution in [0.5, 0.6) is 5.75 Å². The van der Waals surface area contributed by atoms with E-state index in [4.69, 9.17) is 4.74 Å². The van der Waals surface area contributed by atoms with Gasteiger partial charge in [0.2, 0.25) is 0 Å². The van der Waals surface area contributed by atoms with Crippen LogP contribution in [0.15, 0.2) is 18.2 Å². The summed E-state index contributed by atoms with van der Waals surface area (Å²) in [5, 5.41) is 3.41. The first-order valence-electron chi connectivity index (χ1n) is 6.22. The van der Waals surface area contributed by atoms with Gasteiger partial charge in [-0.2, -0.15) is 0 Å². The Morgan fingerprint density at radius 1 is 1.31 bits per heavy atom. The zero-order valence-corrected chi connectivity index (χ0v) is 10.3. The highest BCUT2D eigenvalue weighted by molar-refractivity contribution is 5.40. The van der Waals surface area contributed by atoms with Gasteiger partial charge in [0.1, 0.15) is 5.75 Å². The Bertz CT molecular complexity index is 343. The molecule has 2 nitrogen and oxygen atoms in total. The molecule has 1 aliphatic heterocycles. The summed E-state index contributed by atoms with van der Waals surface area (Å²) < 4.78 is 5.48. The van der Waals surface area contributed by atoms with E-state index < -0.39 is 0 Å². The van der Waals surface area contributed by atoms with Crippen LogP contribution in [0.1, 0.15) is 36.8 Å². The van der Waals surface area contributed by atoms with Gasteiger partial charge in [0, 0.05) is 0 Å². The van der Waals surface area contributed by atoms with Crippen molar-refractivity contribution in [1.82, 2.24) is 5.32 Å². The number of nitrogens with one attached hydrogen (secondary N) is 1. The Morgan fingerprint density at radius 3 is 2.69 bits per heavy atom. The third-order valence-corrected chi connectivity index (χ3v) is 3.48. The van der Waals surface area contributed by atoms with Gasteiger partial charge >= 0.3 is 0 Å². The maximum absolute atomic E-state index is 5.48. The van der Waals surface area contributed by atoms with Crippen LogP contribution in [0.2, 0.25) is 0 Å². The molecule has 0 aromatic heterocycles. The van der Waals surface area contributed by atoms with Gasteiger partial charge in [-0.05, 0) is 55.5 Å². The van der Waals surface area contributed by atoms with Crippen LogP contribution < -0.4 is 10.1 Å². The fourth-order valence-corrected chi connectivity index (χ4v) is 2.46. The summed E-state index contributed by atoms with van der Waals surface area (Å²) in [6, 6.07) is 6.62. The molecule has 1 aliphatic rings. The van der Waals surface area contributed by atoms with Gasteiger partial charge < -0.3 is 10.1 Å². The number of hydrogen-bond acceptors (Lipinski definition) is 2. The predicted octanol–water partition coefficient (Wildman–Crippen LogP) is 2.72. The van der Waals surface area contributed by atoms with E-state index in [9.17, 15) is 0 Å². The molecule has 0 radical (unpaired) electrons. The lowest BCUT2D eigenvalue weighted by Crippen LogP contribution is -2.26. The van der Waals surface area contributed by atoms with E-state index in [0.29, 0.717) is 5.92 Å². The Balaban J connectivity index is 2.27. The van der Waals surface area contributed by atoms with Crippen LogP contribution in [0, 0.1) is 0 Å². The fourth-order valence-electron chi connectivity index (χ4n) is 2.46. The van der Waals surface area contributed by atoms with Gasteiger partial charge in [-0.15, -0.1) is 0 Å². The maximum Gasteiger partial charge on any atom is 0.122 e. The largest absolute Gasteiger partial charge is 0.496 e. The molecule has 0 atom stereocenters. The zero-order valence-electron chi connectivity index (χ0n) is 10.3. The zero-order chi connectivity index (χ0) is 11.4. The number of ether oxygens (including phenoxy) is 1. The summed E-state index contributed by atoms with van der Waals surface area (Å²) in [4.78, 5) is 0. The second-order valence-corrected chi connectivity index (χ2v) is 4.45. The minimum atomic E-state index is 0.669. The van der Waals surface area contributed by atoms with E-state index in [2.05, 4.69) is 30.4 Å². The van der Waals surface area contributed by atoms with Crippen LogP contribution in [-0.2, 0) is 6.42 Å². The topological polar surface area (TPSA) is 21.3 Å². The molecule has 1 heterocycles. The van der Waals surface area contributed by atoms with Crippen molar-refractivity contribution in [2.75, 3.05) is 20.2 Å². The predicted molar refractivity (Wildman–Crippen MR) is 67.2 cm³/mol. The smallest absolute Gasteiger partial charge is 0.122 e. The minimum absolute atomic E-state index is 0.669. The first kappa shape index (κ1) is 11.5. The Labute approximate surface area is 98.0 Å². The number of aryl methyl sites for hydroxylation is 1. The highest BCUT2D eigenvalue weighted by Crippen LogP contribution is 2.33. The molecule has 1 fully saturated rings. The van der Waals surface area contributed by atoms with E-state index >= 15 is 0 Å². The van der Waals surface area contributed by atoms with Crippen molar-refractivity contribution in [2.45, 2.75) is 32.1 Å². The highest BCUT2D eigenvalue weighted by atomic mass is 16.5. The van der Waals surface area contributed by atoms with Gasteiger partial charge in [0.15, 0.2) is 0 Å². The van der Waals surface area contributed by atoms with Gasteiger partial charge in [-0.1, -0.05) is 19.1 Å². The monoisotopic (exact) mass is 219 g/mol. The average molecular weight is 219 g/mol. The SMILES string of the molecule is CCc1ccc(OC)c(C2CCNCC2)c1. The molecule has 0 bridgehead atoms. The highest BCUT2D eigenvalue weighted by Gasteiger charge is 2.18. The fraction of sp³-hybridized carbons (Fsp3) is 0.571. The number of piperidine rings is 1. The van der Waals surface area contributed by atoms with E-state index in [-0.39, 0.29) is 0 Å². The number of rotatable bonds is 3. The quantitative estimate of drug-likeness (QED) is 0.844. The standard InChI is InChI=1S/C14H21NO/c1-3-11-4-5-14(16-2)13(10-11)12-6-8-15-9-7-12/h4-5,10,12,15H,3,6-9H2,1-2H3. The summed E-state index contributed by atoms with van der Waals surface area (Å²) in [5.41, 5.74) is 2.82. The molecule has 1 aromatic rings. The first-order valence-corrected chi connectivity index (χ1v) is 6.22. The third kappa shape index (κ3) is 2.38. The summed E-state index contributed by atoms with van der Waals surface area (Å²) in [7, 11) is 1.77. The van der Waals surface area contributed by atoms with Crippen molar-refractivity contribution >= 4 is 0 Å². The molecule has 0 spiro atoms. The van der Waals surface area contributed by atoms with Crippen molar-refractivity contribution in [3.05, 3.63) is 29.3 Å². The molecule has 2 heteroatoms. The first-order chi connectivity index (χ1) is 7.85. The van der Waals surface area contributed by atoms with Crippen LogP contribution in [0.3, 0.4) is 0 Å². The summed E-state index contributed by atoms with van der Waals surface area (Å²) in [6.07, 6.45) is 3.55. The van der Waals surface area contributed by atoms with Crippen molar-refractivity contribution in [1.29, 1.82) is 0 Å². The van der Waals surface area contributed by atoms with Crippen LogP contribution in [-0.4, -0.2) is 20.2 Å². The Kier molecular flexibility index (Phi) is 3.83. The van der Waals surface area contributed by atoms with Crippen LogP contribution in [0.25, 0.3) is 0 Å². The molecule has 0 unspecified atom stereocenters. The molecule has 1 N–H and O–H groups in total. The Morgan fingerprint density at radius 2 is 2.06 bits per heavy atom. The number of benzene rings is 1. The molecule has 0 aliphatic carbocycles. The second kappa shape index (κ2) is 5.35. The maximum atomic E-state index is 5.48. The molecule has 1 aromatic carbocycles. The van der Waals surface area contributed by atoms with Gasteiger partial charge in [-0.25, -0.2) is 0 Å². The van der Waals surface area contributed by atoms with Crippen molar-refractivity contribution < 1.29 is 4.74 Å². The van der Waals surface area contributed by atoms with Crippen LogP contribution >= 0.6 is 0 Å². The minimum Gasteiger partial charge on any atom is -0.496 e. The molecule has 1 saturated heterocycles. The molecular weight excluding hydrogens is 198 g/mol. The molecular formula is C14H21NO. The lowest BCUT2D eigenvalue weighted by atomic mass is 9.88. The number of hydrogen-bond donors (Lipinski definition) is 1. The van der Waals surface area contributed by atoms with Crippen LogP contribution in [0.4, 0.5) is 0 Å². The summed E-state index contributed by atoms with van der Waals surface area (Å²) >= 11 is 0. The average Bonchev–Trinajstić information content (AvgIpc) is 2.39. The van der Waals surface area contributed by atoms with Crippen molar-refractivity contribution in [2.24, 2.45) is 0 Å². The van der Waals surface area contributed by atoms with E-state index in [1.165, 1.54) is 24.0 Å². The molecule has 0 amide bonds. The third-order valence-electron chi connectivity index (χ3n) is 3.48. The lowest BCUT2D eigenvalue weighted by Gasteiger charge is -2.25. The summed E-state index contributed by atoms with van der Waals surface area (Å²) in [6.45, 7) is 4.46. The van der Waals surface area contributed by atoms with E-state index in [0.717, 1.165) is 25.3 Å². The van der Waals surface area contributed by atoms with Gasteiger partial charge in [0.25, 0.3) is 0 Å². The van der Waals surface area contributed by atoms with E-state index in [1.54, 1.807) is 7.11 Å². The summed E-state index contributed by atoms with van der Waals surface area (Å²) in [5.74, 6) is 1.73. The van der Waals surface area contributed by atoms with Crippen molar-refractivity contribution in [3.63, 3.8) is 0 Å². The normalized spacial score (nSPS) is 17.4. The molecule has 0 saturated carbocycles. The van der Waals surface area contributed by atoms with Gasteiger partial charge in [-0.3, -0.25) is 0 Å². The van der Waals surface area contributed by atoms with E-state index in [1.807, 2.05) is 0 Å². The second-order valence-electron chi connectivity index (χ2n) is 4.45. The van der Waals surface area contributed by atoms with Crippen molar-refractivity contribution in [3.8, 4) is 5.75 Å². The molecule has 88 valence electrons. The molecule has 2 rings (SSSR count). The number of methoxy groups -OCH3 is 1. The van der Waals surface area contributed by atoms with Gasteiger partial charge in [0.05, 0.1) is 7.11 Å². The Hall–Kier alpha value is -1.02. The lowest BCUT2D eigenvalue weighted by molar-refractivity contribution is 0.391. The molecule has 16 heavy (non-hydrogen) atoms.